The molecule has 1 saturated carbocycles. The van der Waals surface area contributed by atoms with Crippen LogP contribution in [0.1, 0.15) is 55.0 Å². The van der Waals surface area contributed by atoms with Crippen molar-refractivity contribution < 1.29 is 4.39 Å². The molecule has 3 nitrogen and oxygen atoms in total. The number of nitrogens with one attached hydrogen (secondary N) is 1. The second-order valence-corrected chi connectivity index (χ2v) is 8.57. The van der Waals surface area contributed by atoms with Crippen LogP contribution in [-0.4, -0.2) is 23.6 Å². The zero-order valence-corrected chi connectivity index (χ0v) is 18.0. The van der Waals surface area contributed by atoms with Crippen LogP contribution in [0, 0.1) is 11.2 Å². The van der Waals surface area contributed by atoms with Crippen molar-refractivity contribution in [2.24, 2.45) is 0 Å². The van der Waals surface area contributed by atoms with Crippen LogP contribution < -0.4 is 0 Å². The number of hydrogen-bond donors (Lipinski definition) is 1. The molecule has 158 valence electrons. The summed E-state index contributed by atoms with van der Waals surface area (Å²) in [5.41, 5.74) is 7.20. The van der Waals surface area contributed by atoms with Gasteiger partial charge in [0.15, 0.2) is 0 Å². The molecule has 2 aromatic heterocycles. The van der Waals surface area contributed by atoms with Gasteiger partial charge in [-0.1, -0.05) is 37.5 Å². The lowest BCUT2D eigenvalue weighted by Gasteiger charge is -2.25. The van der Waals surface area contributed by atoms with Gasteiger partial charge in [-0.2, -0.15) is 0 Å². The van der Waals surface area contributed by atoms with Crippen molar-refractivity contribution >= 4 is 25.0 Å². The first-order valence-corrected chi connectivity index (χ1v) is 11.3. The number of hydrogen-bond acceptors (Lipinski definition) is 2. The Kier molecular flexibility index (Phi) is 5.65. The van der Waals surface area contributed by atoms with E-state index in [1.54, 1.807) is 0 Å². The van der Waals surface area contributed by atoms with Crippen LogP contribution >= 0.6 is 0 Å². The molecule has 1 N–H and O–H groups in total. The molecule has 5 rings (SSSR count). The third kappa shape index (κ3) is 3.66. The van der Waals surface area contributed by atoms with E-state index in [4.69, 9.17) is 13.3 Å². The number of pyridine rings is 1. The van der Waals surface area contributed by atoms with Gasteiger partial charge in [-0.05, 0) is 61.1 Å². The minimum atomic E-state index is -0.244. The second-order valence-electron chi connectivity index (χ2n) is 8.57. The maximum Gasteiger partial charge on any atom is 0.123 e. The summed E-state index contributed by atoms with van der Waals surface area (Å²) in [4.78, 5) is 4.57. The monoisotopic (exact) mass is 421 g/mol. The third-order valence-electron chi connectivity index (χ3n) is 6.59. The maximum absolute atomic E-state index is 13.8. The fourth-order valence-corrected chi connectivity index (χ4v) is 5.04. The lowest BCUT2D eigenvalue weighted by Crippen LogP contribution is -2.11. The predicted molar refractivity (Wildman–Crippen MR) is 130 cm³/mol. The van der Waals surface area contributed by atoms with E-state index in [0.29, 0.717) is 12.2 Å². The Balaban J connectivity index is 1.85. The molecule has 1 aliphatic rings. The van der Waals surface area contributed by atoms with E-state index >= 15 is 0 Å². The standard InChI is InChI=1S/C27H25BFN3/c28-15-22-10-7-20(17-31-22)26-24-13-6-18(16-30)14-25(24)32(23-11-8-21(29)9-12-23)27(26)19-4-2-1-3-5-19/h6-14,16-17,19,30H,1-5,15H2. The summed E-state index contributed by atoms with van der Waals surface area (Å²) in [6.45, 7) is 0. The van der Waals surface area contributed by atoms with Crippen molar-refractivity contribution in [3.8, 4) is 16.8 Å². The highest BCUT2D eigenvalue weighted by Crippen LogP contribution is 2.45. The minimum absolute atomic E-state index is 0.244. The van der Waals surface area contributed by atoms with Gasteiger partial charge in [-0.15, -0.1) is 0 Å². The van der Waals surface area contributed by atoms with Gasteiger partial charge in [0.1, 0.15) is 5.82 Å². The van der Waals surface area contributed by atoms with Crippen molar-refractivity contribution in [3.05, 3.63) is 83.6 Å². The molecule has 0 atom stereocenters. The van der Waals surface area contributed by atoms with Gasteiger partial charge in [0.05, 0.1) is 13.4 Å². The zero-order valence-electron chi connectivity index (χ0n) is 18.0. The maximum atomic E-state index is 13.8. The zero-order chi connectivity index (χ0) is 22.1. The van der Waals surface area contributed by atoms with E-state index < -0.39 is 0 Å². The molecule has 0 aliphatic heterocycles. The quantitative estimate of drug-likeness (QED) is 0.288. The Morgan fingerprint density at radius 3 is 2.47 bits per heavy atom. The lowest BCUT2D eigenvalue weighted by atomic mass is 9.84. The van der Waals surface area contributed by atoms with Gasteiger partial charge in [0.2, 0.25) is 0 Å². The molecule has 32 heavy (non-hydrogen) atoms. The predicted octanol–water partition coefficient (Wildman–Crippen LogP) is 6.55. The normalized spacial score (nSPS) is 14.7. The Labute approximate surface area is 189 Å². The van der Waals surface area contributed by atoms with Gasteiger partial charge >= 0.3 is 0 Å². The summed E-state index contributed by atoms with van der Waals surface area (Å²) in [6.07, 6.45) is 9.67. The van der Waals surface area contributed by atoms with Crippen LogP contribution in [-0.2, 0) is 6.32 Å². The van der Waals surface area contributed by atoms with Crippen LogP contribution in [0.5, 0.6) is 0 Å². The molecular formula is C27H25BFN3. The third-order valence-corrected chi connectivity index (χ3v) is 6.59. The fraction of sp³-hybridized carbons (Fsp3) is 0.259. The number of benzene rings is 2. The van der Waals surface area contributed by atoms with Crippen LogP contribution in [0.2, 0.25) is 0 Å². The highest BCUT2D eigenvalue weighted by Gasteiger charge is 2.27. The summed E-state index contributed by atoms with van der Waals surface area (Å²) < 4.78 is 16.1. The Bertz CT molecular complexity index is 1250. The molecule has 2 radical (unpaired) electrons. The molecule has 0 spiro atoms. The van der Waals surface area contributed by atoms with Gasteiger partial charge in [-0.25, -0.2) is 4.39 Å². The molecule has 0 amide bonds. The summed E-state index contributed by atoms with van der Waals surface area (Å²) in [5.74, 6) is 0.167. The van der Waals surface area contributed by atoms with Gasteiger partial charge < -0.3 is 9.98 Å². The number of fused-ring (bicyclic) bond motifs is 1. The highest BCUT2D eigenvalue weighted by atomic mass is 19.1. The average molecular weight is 421 g/mol. The summed E-state index contributed by atoms with van der Waals surface area (Å²) in [7, 11) is 5.78. The first kappa shape index (κ1) is 20.7. The van der Waals surface area contributed by atoms with Gasteiger partial charge in [-0.3, -0.25) is 4.98 Å². The van der Waals surface area contributed by atoms with E-state index in [2.05, 4.69) is 27.8 Å². The van der Waals surface area contributed by atoms with Crippen molar-refractivity contribution in [1.82, 2.24) is 9.55 Å². The average Bonchev–Trinajstić information content (AvgIpc) is 3.19. The SMILES string of the molecule is [B]Cc1ccc(-c2c(C3CCCCC3)n(-c3ccc(F)cc3)c3cc(C=N)ccc23)cn1. The summed E-state index contributed by atoms with van der Waals surface area (Å²) >= 11 is 0. The largest absolute Gasteiger partial charge is 0.313 e. The number of nitrogens with zero attached hydrogens (tertiary/aromatic N) is 2. The number of aromatic nitrogens is 2. The minimum Gasteiger partial charge on any atom is -0.313 e. The first-order valence-electron chi connectivity index (χ1n) is 11.3. The van der Waals surface area contributed by atoms with Crippen molar-refractivity contribution in [3.63, 3.8) is 0 Å². The van der Waals surface area contributed by atoms with E-state index in [0.717, 1.165) is 46.3 Å². The van der Waals surface area contributed by atoms with Crippen LogP contribution in [0.15, 0.2) is 60.8 Å². The molecule has 0 bridgehead atoms. The second kappa shape index (κ2) is 8.74. The topological polar surface area (TPSA) is 41.7 Å². The van der Waals surface area contributed by atoms with E-state index in [9.17, 15) is 4.39 Å². The fourth-order valence-electron chi connectivity index (χ4n) is 5.04. The first-order chi connectivity index (χ1) is 15.7. The van der Waals surface area contributed by atoms with Crippen molar-refractivity contribution in [2.75, 3.05) is 0 Å². The molecule has 0 unspecified atom stereocenters. The summed E-state index contributed by atoms with van der Waals surface area (Å²) in [5, 5.41) is 8.91. The van der Waals surface area contributed by atoms with Crippen molar-refractivity contribution in [1.29, 1.82) is 5.41 Å². The Morgan fingerprint density at radius 2 is 1.81 bits per heavy atom. The molecule has 1 aliphatic carbocycles. The van der Waals surface area contributed by atoms with E-state index in [1.165, 1.54) is 48.9 Å². The Morgan fingerprint density at radius 1 is 1.03 bits per heavy atom. The smallest absolute Gasteiger partial charge is 0.123 e. The molecule has 1 fully saturated rings. The highest BCUT2D eigenvalue weighted by molar-refractivity contribution is 6.08. The molecule has 0 saturated heterocycles. The van der Waals surface area contributed by atoms with Crippen LogP contribution in [0.25, 0.3) is 27.7 Å². The lowest BCUT2D eigenvalue weighted by molar-refractivity contribution is 0.434. The van der Waals surface area contributed by atoms with Gasteiger partial charge in [0.25, 0.3) is 0 Å². The molecule has 5 heteroatoms. The molecule has 2 aromatic carbocycles. The number of rotatable bonds is 5. The molecule has 2 heterocycles. The molecular weight excluding hydrogens is 396 g/mol. The van der Waals surface area contributed by atoms with E-state index in [1.807, 2.05) is 30.5 Å². The molecule has 4 aromatic rings. The summed E-state index contributed by atoms with van der Waals surface area (Å²) in [6, 6.07) is 17.0. The van der Waals surface area contributed by atoms with Crippen LogP contribution in [0.4, 0.5) is 4.39 Å². The number of halogens is 1. The van der Waals surface area contributed by atoms with Gasteiger partial charge in [0, 0.05) is 51.9 Å². The van der Waals surface area contributed by atoms with Crippen LogP contribution in [0.3, 0.4) is 0 Å². The Hall–Kier alpha value is -3.21. The van der Waals surface area contributed by atoms with Crippen molar-refractivity contribution in [2.45, 2.75) is 44.3 Å². The van der Waals surface area contributed by atoms with E-state index in [-0.39, 0.29) is 5.82 Å².